The fraction of sp³-hybridized carbons (Fsp3) is 0.500. The van der Waals surface area contributed by atoms with E-state index in [9.17, 15) is 0 Å². The smallest absolute Gasteiger partial charge is 0.164 e. The van der Waals surface area contributed by atoms with E-state index < -0.39 is 0 Å². The Hall–Kier alpha value is -1.42. The van der Waals surface area contributed by atoms with Crippen molar-refractivity contribution in [1.29, 1.82) is 0 Å². The second-order valence-electron chi connectivity index (χ2n) is 5.14. The number of rotatable bonds is 1. The van der Waals surface area contributed by atoms with E-state index >= 15 is 0 Å². The van der Waals surface area contributed by atoms with Gasteiger partial charge in [-0.3, -0.25) is 4.68 Å². The van der Waals surface area contributed by atoms with Crippen molar-refractivity contribution in [3.8, 4) is 11.4 Å². The number of fused-ring (bicyclic) bond motifs is 1. The third kappa shape index (κ3) is 2.04. The molecular weight excluding hydrogens is 260 g/mol. The number of nitrogens with zero attached hydrogens (tertiary/aromatic N) is 4. The van der Waals surface area contributed by atoms with E-state index in [4.69, 9.17) is 16.6 Å². The Labute approximate surface area is 117 Å². The van der Waals surface area contributed by atoms with Crippen molar-refractivity contribution < 1.29 is 0 Å². The highest BCUT2D eigenvalue weighted by Crippen LogP contribution is 2.30. The van der Waals surface area contributed by atoms with Crippen molar-refractivity contribution in [2.24, 2.45) is 7.05 Å². The lowest BCUT2D eigenvalue weighted by molar-refractivity contribution is 0.663. The molecule has 2 heterocycles. The predicted molar refractivity (Wildman–Crippen MR) is 75.4 cm³/mol. The van der Waals surface area contributed by atoms with E-state index in [2.05, 4.69) is 10.1 Å². The maximum Gasteiger partial charge on any atom is 0.164 e. The number of aromatic nitrogens is 4. The Kier molecular flexibility index (Phi) is 3.05. The molecule has 100 valence electrons. The molecule has 1 aliphatic rings. The fourth-order valence-corrected chi connectivity index (χ4v) is 3.04. The maximum absolute atomic E-state index is 6.33. The van der Waals surface area contributed by atoms with Crippen LogP contribution < -0.4 is 0 Å². The van der Waals surface area contributed by atoms with Crippen LogP contribution in [-0.4, -0.2) is 19.7 Å². The second-order valence-corrected chi connectivity index (χ2v) is 5.50. The number of hydrogen-bond acceptors (Lipinski definition) is 3. The Morgan fingerprint density at radius 1 is 1.11 bits per heavy atom. The van der Waals surface area contributed by atoms with Crippen molar-refractivity contribution in [3.63, 3.8) is 0 Å². The summed E-state index contributed by atoms with van der Waals surface area (Å²) in [5, 5.41) is 5.04. The van der Waals surface area contributed by atoms with Crippen LogP contribution in [0.1, 0.15) is 35.5 Å². The number of hydrogen-bond donors (Lipinski definition) is 0. The lowest BCUT2D eigenvalue weighted by atomic mass is 9.97. The van der Waals surface area contributed by atoms with Crippen LogP contribution in [0.15, 0.2) is 0 Å². The van der Waals surface area contributed by atoms with Crippen molar-refractivity contribution in [2.45, 2.75) is 39.5 Å². The van der Waals surface area contributed by atoms with E-state index in [1.807, 2.05) is 25.6 Å². The largest absolute Gasteiger partial charge is 0.272 e. The third-order valence-electron chi connectivity index (χ3n) is 3.87. The molecule has 2 aromatic rings. The average molecular weight is 277 g/mol. The lowest BCUT2D eigenvalue weighted by Crippen LogP contribution is -2.09. The molecule has 0 bridgehead atoms. The summed E-state index contributed by atoms with van der Waals surface area (Å²) in [7, 11) is 1.94. The first kappa shape index (κ1) is 12.6. The molecule has 0 N–H and O–H groups in total. The predicted octanol–water partition coefficient (Wildman–Crippen LogP) is 3.03. The van der Waals surface area contributed by atoms with E-state index in [0.29, 0.717) is 11.0 Å². The van der Waals surface area contributed by atoms with Gasteiger partial charge in [0, 0.05) is 24.0 Å². The molecule has 0 aromatic carbocycles. The quantitative estimate of drug-likeness (QED) is 0.752. The maximum atomic E-state index is 6.33. The minimum absolute atomic E-state index is 0.613. The Morgan fingerprint density at radius 3 is 2.53 bits per heavy atom. The summed E-state index contributed by atoms with van der Waals surface area (Å²) in [5.41, 5.74) is 5.29. The molecule has 0 aliphatic heterocycles. The van der Waals surface area contributed by atoms with E-state index in [1.165, 1.54) is 12.8 Å². The standard InChI is InChI=1S/C14H17ClN4/c1-8-12(9(2)19(3)18-8)14-16-11-7-5-4-6-10(11)13(15)17-14/h4-7H2,1-3H3. The zero-order chi connectivity index (χ0) is 13.6. The van der Waals surface area contributed by atoms with Gasteiger partial charge in [-0.05, 0) is 39.5 Å². The van der Waals surface area contributed by atoms with Gasteiger partial charge in [-0.25, -0.2) is 9.97 Å². The highest BCUT2D eigenvalue weighted by atomic mass is 35.5. The highest BCUT2D eigenvalue weighted by molar-refractivity contribution is 6.30. The lowest BCUT2D eigenvalue weighted by Gasteiger charge is -2.16. The summed E-state index contributed by atoms with van der Waals surface area (Å²) in [6.45, 7) is 4.02. The molecule has 0 unspecified atom stereocenters. The molecule has 3 rings (SSSR count). The summed E-state index contributed by atoms with van der Waals surface area (Å²) >= 11 is 6.33. The molecule has 1 aliphatic carbocycles. The van der Waals surface area contributed by atoms with Gasteiger partial charge in [0.25, 0.3) is 0 Å². The summed E-state index contributed by atoms with van der Waals surface area (Å²) in [6.07, 6.45) is 4.37. The van der Waals surface area contributed by atoms with Crippen LogP contribution >= 0.6 is 11.6 Å². The van der Waals surface area contributed by atoms with Gasteiger partial charge < -0.3 is 0 Å². The molecule has 19 heavy (non-hydrogen) atoms. The van der Waals surface area contributed by atoms with Crippen LogP contribution in [0.3, 0.4) is 0 Å². The van der Waals surface area contributed by atoms with Gasteiger partial charge in [-0.2, -0.15) is 5.10 Å². The van der Waals surface area contributed by atoms with Crippen molar-refractivity contribution >= 4 is 11.6 Å². The molecule has 0 radical (unpaired) electrons. The third-order valence-corrected chi connectivity index (χ3v) is 4.18. The summed E-state index contributed by atoms with van der Waals surface area (Å²) in [4.78, 5) is 9.22. The van der Waals surface area contributed by atoms with Crippen molar-refractivity contribution in [1.82, 2.24) is 19.7 Å². The minimum Gasteiger partial charge on any atom is -0.272 e. The van der Waals surface area contributed by atoms with Gasteiger partial charge in [0.05, 0.1) is 11.3 Å². The van der Waals surface area contributed by atoms with Crippen LogP contribution in [0, 0.1) is 13.8 Å². The van der Waals surface area contributed by atoms with Crippen molar-refractivity contribution in [3.05, 3.63) is 27.8 Å². The first-order chi connectivity index (χ1) is 9.08. The molecule has 5 heteroatoms. The Bertz CT molecular complexity index is 645. The molecule has 0 fully saturated rings. The van der Waals surface area contributed by atoms with E-state index in [1.54, 1.807) is 0 Å². The van der Waals surface area contributed by atoms with Crippen LogP contribution in [0.5, 0.6) is 0 Å². The topological polar surface area (TPSA) is 43.6 Å². The SMILES string of the molecule is Cc1nn(C)c(C)c1-c1nc(Cl)c2c(n1)CCCC2. The number of aryl methyl sites for hydroxylation is 3. The average Bonchev–Trinajstić information content (AvgIpc) is 2.63. The molecule has 0 saturated carbocycles. The van der Waals surface area contributed by atoms with Gasteiger partial charge in [-0.1, -0.05) is 11.6 Å². The van der Waals surface area contributed by atoms with Crippen molar-refractivity contribution in [2.75, 3.05) is 0 Å². The first-order valence-corrected chi connectivity index (χ1v) is 7.01. The minimum atomic E-state index is 0.613. The van der Waals surface area contributed by atoms with Gasteiger partial charge in [-0.15, -0.1) is 0 Å². The van der Waals surface area contributed by atoms with Crippen LogP contribution in [0.2, 0.25) is 5.15 Å². The van der Waals surface area contributed by atoms with Crippen LogP contribution in [-0.2, 0) is 19.9 Å². The van der Waals surface area contributed by atoms with Crippen LogP contribution in [0.25, 0.3) is 11.4 Å². The summed E-state index contributed by atoms with van der Waals surface area (Å²) < 4.78 is 1.86. The van der Waals surface area contributed by atoms with Gasteiger partial charge in [0.15, 0.2) is 5.82 Å². The van der Waals surface area contributed by atoms with E-state index in [0.717, 1.165) is 41.1 Å². The Morgan fingerprint density at radius 2 is 1.84 bits per heavy atom. The monoisotopic (exact) mass is 276 g/mol. The molecule has 0 amide bonds. The van der Waals surface area contributed by atoms with Gasteiger partial charge in [0.2, 0.25) is 0 Å². The van der Waals surface area contributed by atoms with Gasteiger partial charge in [0.1, 0.15) is 5.15 Å². The summed E-state index contributed by atoms with van der Waals surface area (Å²) in [5.74, 6) is 0.716. The zero-order valence-electron chi connectivity index (χ0n) is 11.5. The van der Waals surface area contributed by atoms with Gasteiger partial charge >= 0.3 is 0 Å². The molecular formula is C14H17ClN4. The molecule has 4 nitrogen and oxygen atoms in total. The number of halogens is 1. The normalized spacial score (nSPS) is 14.5. The second kappa shape index (κ2) is 4.60. The zero-order valence-corrected chi connectivity index (χ0v) is 12.3. The fourth-order valence-electron chi connectivity index (χ4n) is 2.76. The summed E-state index contributed by atoms with van der Waals surface area (Å²) in [6, 6.07) is 0. The molecule has 2 aromatic heterocycles. The molecule has 0 atom stereocenters. The molecule has 0 spiro atoms. The van der Waals surface area contributed by atoms with Crippen LogP contribution in [0.4, 0.5) is 0 Å². The highest BCUT2D eigenvalue weighted by Gasteiger charge is 2.20. The Balaban J connectivity index is 2.18. The van der Waals surface area contributed by atoms with E-state index in [-0.39, 0.29) is 0 Å². The molecule has 0 saturated heterocycles. The first-order valence-electron chi connectivity index (χ1n) is 6.63.